The third-order valence-corrected chi connectivity index (χ3v) is 8.20. The van der Waals surface area contributed by atoms with Crippen molar-refractivity contribution in [2.24, 2.45) is 0 Å². The summed E-state index contributed by atoms with van der Waals surface area (Å²) in [6.45, 7) is 3.14. The van der Waals surface area contributed by atoms with Crippen molar-refractivity contribution in [1.29, 1.82) is 0 Å². The van der Waals surface area contributed by atoms with Gasteiger partial charge in [-0.1, -0.05) is 52.3 Å². The molecule has 0 radical (unpaired) electrons. The van der Waals surface area contributed by atoms with Crippen LogP contribution in [0.5, 0.6) is 11.5 Å². The van der Waals surface area contributed by atoms with Crippen LogP contribution in [0.3, 0.4) is 0 Å². The van der Waals surface area contributed by atoms with Gasteiger partial charge in [0.05, 0.1) is 11.5 Å². The van der Waals surface area contributed by atoms with E-state index < -0.39 is 11.1 Å². The Morgan fingerprint density at radius 2 is 1.77 bits per heavy atom. The van der Waals surface area contributed by atoms with E-state index in [9.17, 15) is 18.8 Å². The standard InChI is InChI=1S/C30H26BrFN2O5S/c1-2-38-25-13-22(24(31)15-26(25)39-18-19-7-9-23(32)10-8-19)14-27-29(36)34(30(37)40-27)17-28(35)33-12-11-20-5-3-4-6-21(20)16-33/h3-10,13-15H,2,11-12,16-18H2,1H3/b27-14-. The number of hydrogen-bond acceptors (Lipinski definition) is 6. The van der Waals surface area contributed by atoms with Crippen molar-refractivity contribution < 1.29 is 28.2 Å². The molecule has 2 aliphatic heterocycles. The Hall–Kier alpha value is -3.63. The Bertz CT molecular complexity index is 1490. The fourth-order valence-electron chi connectivity index (χ4n) is 4.51. The molecular weight excluding hydrogens is 599 g/mol. The third-order valence-electron chi connectivity index (χ3n) is 6.61. The van der Waals surface area contributed by atoms with Gasteiger partial charge in [0.1, 0.15) is 19.0 Å². The summed E-state index contributed by atoms with van der Waals surface area (Å²) in [4.78, 5) is 41.8. The maximum atomic E-state index is 13.2. The lowest BCUT2D eigenvalue weighted by Crippen LogP contribution is -2.44. The molecule has 0 atom stereocenters. The molecule has 2 heterocycles. The molecule has 40 heavy (non-hydrogen) atoms. The molecule has 1 fully saturated rings. The highest BCUT2D eigenvalue weighted by Gasteiger charge is 2.37. The van der Waals surface area contributed by atoms with E-state index in [-0.39, 0.29) is 29.8 Å². The molecule has 0 saturated carbocycles. The van der Waals surface area contributed by atoms with E-state index in [1.165, 1.54) is 17.7 Å². The van der Waals surface area contributed by atoms with Crippen LogP contribution in [0, 0.1) is 5.82 Å². The second kappa shape index (κ2) is 12.3. The van der Waals surface area contributed by atoms with E-state index >= 15 is 0 Å². The predicted octanol–water partition coefficient (Wildman–Crippen LogP) is 6.19. The van der Waals surface area contributed by atoms with Crippen LogP contribution < -0.4 is 9.47 Å². The number of imide groups is 1. The molecule has 3 amide bonds. The summed E-state index contributed by atoms with van der Waals surface area (Å²) in [5.74, 6) is -0.171. The molecule has 0 spiro atoms. The quantitative estimate of drug-likeness (QED) is 0.278. The Kier molecular flexibility index (Phi) is 8.56. The lowest BCUT2D eigenvalue weighted by Gasteiger charge is -2.29. The molecule has 206 valence electrons. The van der Waals surface area contributed by atoms with Crippen molar-refractivity contribution >= 4 is 50.8 Å². The molecule has 2 aliphatic rings. The molecule has 0 aromatic heterocycles. The number of thioether (sulfide) groups is 1. The number of hydrogen-bond donors (Lipinski definition) is 0. The van der Waals surface area contributed by atoms with Crippen molar-refractivity contribution in [3.63, 3.8) is 0 Å². The fourth-order valence-corrected chi connectivity index (χ4v) is 5.77. The molecule has 0 unspecified atom stereocenters. The van der Waals surface area contributed by atoms with Crippen LogP contribution in [0.1, 0.15) is 29.2 Å². The molecule has 5 rings (SSSR count). The van der Waals surface area contributed by atoms with Crippen LogP contribution >= 0.6 is 27.7 Å². The first-order valence-electron chi connectivity index (χ1n) is 12.8. The first-order chi connectivity index (χ1) is 19.3. The summed E-state index contributed by atoms with van der Waals surface area (Å²) >= 11 is 4.32. The minimum atomic E-state index is -0.512. The monoisotopic (exact) mass is 624 g/mol. The van der Waals surface area contributed by atoms with Crippen LogP contribution in [0.25, 0.3) is 6.08 Å². The van der Waals surface area contributed by atoms with Crippen LogP contribution in [-0.2, 0) is 29.2 Å². The average Bonchev–Trinajstić information content (AvgIpc) is 3.21. The highest BCUT2D eigenvalue weighted by molar-refractivity contribution is 9.10. The number of fused-ring (bicyclic) bond motifs is 1. The molecule has 0 bridgehead atoms. The van der Waals surface area contributed by atoms with Crippen LogP contribution in [0.2, 0.25) is 0 Å². The molecule has 0 N–H and O–H groups in total. The van der Waals surface area contributed by atoms with Gasteiger partial charge in [0, 0.05) is 17.6 Å². The zero-order valence-electron chi connectivity index (χ0n) is 21.7. The Balaban J connectivity index is 1.29. The minimum absolute atomic E-state index is 0.210. The first kappa shape index (κ1) is 27.9. The summed E-state index contributed by atoms with van der Waals surface area (Å²) < 4.78 is 25.5. The first-order valence-corrected chi connectivity index (χ1v) is 14.4. The average molecular weight is 626 g/mol. The van der Waals surface area contributed by atoms with Crippen LogP contribution in [0.15, 0.2) is 70.0 Å². The summed E-state index contributed by atoms with van der Waals surface area (Å²) in [5, 5.41) is -0.484. The van der Waals surface area contributed by atoms with Crippen LogP contribution in [0.4, 0.5) is 9.18 Å². The molecular formula is C30H26BrFN2O5S. The minimum Gasteiger partial charge on any atom is -0.490 e. The predicted molar refractivity (Wildman–Crippen MR) is 154 cm³/mol. The molecule has 1 saturated heterocycles. The van der Waals surface area contributed by atoms with Gasteiger partial charge in [0.15, 0.2) is 11.5 Å². The third kappa shape index (κ3) is 6.23. The summed E-state index contributed by atoms with van der Waals surface area (Å²) in [6.07, 6.45) is 2.34. The topological polar surface area (TPSA) is 76.2 Å². The number of carbonyl (C=O) groups excluding carboxylic acids is 3. The lowest BCUT2D eigenvalue weighted by atomic mass is 10.00. The summed E-state index contributed by atoms with van der Waals surface area (Å²) in [6, 6.07) is 17.4. The van der Waals surface area contributed by atoms with Gasteiger partial charge in [-0.05, 0) is 77.7 Å². The van der Waals surface area contributed by atoms with Crippen molar-refractivity contribution in [3.8, 4) is 11.5 Å². The van der Waals surface area contributed by atoms with Gasteiger partial charge in [0.25, 0.3) is 11.1 Å². The van der Waals surface area contributed by atoms with Crippen molar-refractivity contribution in [2.45, 2.75) is 26.5 Å². The van der Waals surface area contributed by atoms with E-state index in [1.807, 2.05) is 25.1 Å². The Labute approximate surface area is 244 Å². The van der Waals surface area contributed by atoms with Crippen molar-refractivity contribution in [2.75, 3.05) is 19.7 Å². The van der Waals surface area contributed by atoms with Gasteiger partial charge in [-0.15, -0.1) is 0 Å². The smallest absolute Gasteiger partial charge is 0.294 e. The molecule has 7 nitrogen and oxygen atoms in total. The highest BCUT2D eigenvalue weighted by Crippen LogP contribution is 2.38. The second-order valence-electron chi connectivity index (χ2n) is 9.27. The van der Waals surface area contributed by atoms with E-state index in [0.29, 0.717) is 41.2 Å². The largest absolute Gasteiger partial charge is 0.490 e. The molecule has 3 aromatic carbocycles. The number of amides is 3. The Morgan fingerprint density at radius 3 is 2.52 bits per heavy atom. The van der Waals surface area contributed by atoms with E-state index in [4.69, 9.17) is 9.47 Å². The van der Waals surface area contributed by atoms with E-state index in [2.05, 4.69) is 22.0 Å². The second-order valence-corrected chi connectivity index (χ2v) is 11.1. The van der Waals surface area contributed by atoms with E-state index in [0.717, 1.165) is 34.2 Å². The van der Waals surface area contributed by atoms with Crippen LogP contribution in [-0.4, -0.2) is 46.5 Å². The van der Waals surface area contributed by atoms with Gasteiger partial charge in [-0.2, -0.15) is 0 Å². The van der Waals surface area contributed by atoms with E-state index in [1.54, 1.807) is 35.2 Å². The maximum Gasteiger partial charge on any atom is 0.294 e. The zero-order valence-corrected chi connectivity index (χ0v) is 24.1. The van der Waals surface area contributed by atoms with Crippen molar-refractivity contribution in [1.82, 2.24) is 9.80 Å². The molecule has 0 aliphatic carbocycles. The Morgan fingerprint density at radius 1 is 1.05 bits per heavy atom. The lowest BCUT2D eigenvalue weighted by molar-refractivity contribution is -0.136. The number of benzene rings is 3. The fraction of sp³-hybridized carbons (Fsp3) is 0.233. The number of carbonyl (C=O) groups is 3. The zero-order chi connectivity index (χ0) is 28.2. The molecule has 3 aromatic rings. The number of rotatable bonds is 8. The highest BCUT2D eigenvalue weighted by atomic mass is 79.9. The summed E-state index contributed by atoms with van der Waals surface area (Å²) in [5.41, 5.74) is 3.70. The summed E-state index contributed by atoms with van der Waals surface area (Å²) in [7, 11) is 0. The molecule has 10 heteroatoms. The van der Waals surface area contributed by atoms with Gasteiger partial charge < -0.3 is 14.4 Å². The van der Waals surface area contributed by atoms with Gasteiger partial charge in [-0.3, -0.25) is 19.3 Å². The maximum absolute atomic E-state index is 13.2. The van der Waals surface area contributed by atoms with Gasteiger partial charge in [0.2, 0.25) is 5.91 Å². The normalized spacial score (nSPS) is 15.9. The number of halogens is 2. The van der Waals surface area contributed by atoms with Gasteiger partial charge in [-0.25, -0.2) is 4.39 Å². The number of ether oxygens (including phenoxy) is 2. The SMILES string of the molecule is CCOc1cc(/C=C2\SC(=O)N(CC(=O)N3CCc4ccccc4C3)C2=O)c(Br)cc1OCc1ccc(F)cc1. The van der Waals surface area contributed by atoms with Crippen molar-refractivity contribution in [3.05, 3.63) is 98.1 Å². The van der Waals surface area contributed by atoms with Gasteiger partial charge >= 0.3 is 0 Å². The number of nitrogens with zero attached hydrogens (tertiary/aromatic N) is 2.